The first-order valence-corrected chi connectivity index (χ1v) is 3.08. The van der Waals surface area contributed by atoms with E-state index in [0.29, 0.717) is 0 Å². The zero-order chi connectivity index (χ0) is 7.40. The normalized spacial score (nSPS) is 8.00. The molecule has 2 heteroatoms. The van der Waals surface area contributed by atoms with E-state index in [1.165, 1.54) is 0 Å². The molecule has 0 aliphatic rings. The molecular formula is C9H11NS. The van der Waals surface area contributed by atoms with Crippen molar-refractivity contribution in [2.24, 2.45) is 0 Å². The summed E-state index contributed by atoms with van der Waals surface area (Å²) < 4.78 is 0. The van der Waals surface area contributed by atoms with Crippen molar-refractivity contribution < 1.29 is 0 Å². The van der Waals surface area contributed by atoms with Gasteiger partial charge in [0, 0.05) is 6.20 Å². The minimum absolute atomic E-state index is 0. The Morgan fingerprint density at radius 2 is 2.00 bits per heavy atom. The molecule has 0 unspecified atom stereocenters. The maximum Gasteiger partial charge on any atom is 0.0695 e. The van der Waals surface area contributed by atoms with Crippen LogP contribution in [0.4, 0.5) is 0 Å². The largest absolute Gasteiger partial charge is 0.256 e. The summed E-state index contributed by atoms with van der Waals surface area (Å²) in [5.41, 5.74) is 1.91. The molecule has 1 aromatic heterocycles. The van der Waals surface area contributed by atoms with Gasteiger partial charge in [-0.1, -0.05) is 25.3 Å². The lowest BCUT2D eigenvalue weighted by Gasteiger charge is -1.95. The van der Waals surface area contributed by atoms with Crippen LogP contribution in [0.25, 0.3) is 12.2 Å². The van der Waals surface area contributed by atoms with Gasteiger partial charge in [0.05, 0.1) is 5.69 Å². The molecule has 1 aromatic rings. The third-order valence-corrected chi connectivity index (χ3v) is 1.28. The first-order valence-electron chi connectivity index (χ1n) is 3.08. The van der Waals surface area contributed by atoms with E-state index in [1.54, 1.807) is 18.3 Å². The first kappa shape index (κ1) is 9.98. The number of hydrogen-bond acceptors (Lipinski definition) is 1. The van der Waals surface area contributed by atoms with Crippen LogP contribution in [0.1, 0.15) is 11.3 Å². The molecule has 0 atom stereocenters. The van der Waals surface area contributed by atoms with E-state index in [-0.39, 0.29) is 13.5 Å². The van der Waals surface area contributed by atoms with Gasteiger partial charge in [0.25, 0.3) is 0 Å². The van der Waals surface area contributed by atoms with Crippen LogP contribution in [0.15, 0.2) is 31.5 Å². The van der Waals surface area contributed by atoms with Gasteiger partial charge in [-0.25, -0.2) is 0 Å². The number of rotatable bonds is 2. The van der Waals surface area contributed by atoms with Crippen LogP contribution in [-0.2, 0) is 0 Å². The van der Waals surface area contributed by atoms with E-state index in [4.69, 9.17) is 0 Å². The van der Waals surface area contributed by atoms with Gasteiger partial charge in [-0.3, -0.25) is 4.98 Å². The van der Waals surface area contributed by atoms with Crippen LogP contribution in [0.2, 0.25) is 0 Å². The second kappa shape index (κ2) is 4.74. The van der Waals surface area contributed by atoms with Crippen molar-refractivity contribution in [3.05, 3.63) is 42.7 Å². The summed E-state index contributed by atoms with van der Waals surface area (Å²) in [6.07, 6.45) is 5.23. The highest BCUT2D eigenvalue weighted by Crippen LogP contribution is 2.06. The highest BCUT2D eigenvalue weighted by atomic mass is 32.1. The standard InChI is InChI=1S/C9H9N.H2S/c1-3-8-6-5-7-10-9(8)4-2;/h3-7H,1-2H2;1H2. The van der Waals surface area contributed by atoms with Crippen molar-refractivity contribution in [1.82, 2.24) is 4.98 Å². The maximum atomic E-state index is 4.08. The van der Waals surface area contributed by atoms with Crippen LogP contribution in [0, 0.1) is 0 Å². The molecule has 0 aromatic carbocycles. The fourth-order valence-electron chi connectivity index (χ4n) is 0.773. The predicted octanol–water partition coefficient (Wildman–Crippen LogP) is 2.48. The molecule has 0 aliphatic carbocycles. The Morgan fingerprint density at radius 3 is 2.45 bits per heavy atom. The van der Waals surface area contributed by atoms with Crippen molar-refractivity contribution in [3.63, 3.8) is 0 Å². The number of hydrogen-bond donors (Lipinski definition) is 0. The van der Waals surface area contributed by atoms with E-state index in [2.05, 4.69) is 18.1 Å². The summed E-state index contributed by atoms with van der Waals surface area (Å²) in [6, 6.07) is 3.83. The predicted molar refractivity (Wildman–Crippen MR) is 54.8 cm³/mol. The molecule has 0 N–H and O–H groups in total. The lowest BCUT2D eigenvalue weighted by molar-refractivity contribution is 1.28. The van der Waals surface area contributed by atoms with Crippen molar-refractivity contribution in [2.75, 3.05) is 0 Å². The molecular weight excluding hydrogens is 154 g/mol. The Balaban J connectivity index is 0.000001000. The van der Waals surface area contributed by atoms with E-state index in [9.17, 15) is 0 Å². The lowest BCUT2D eigenvalue weighted by Crippen LogP contribution is -1.82. The molecule has 0 saturated carbocycles. The topological polar surface area (TPSA) is 12.9 Å². The highest BCUT2D eigenvalue weighted by molar-refractivity contribution is 7.59. The van der Waals surface area contributed by atoms with E-state index in [1.807, 2.05) is 12.1 Å². The van der Waals surface area contributed by atoms with Crippen molar-refractivity contribution in [1.29, 1.82) is 0 Å². The van der Waals surface area contributed by atoms with Crippen molar-refractivity contribution in [2.45, 2.75) is 0 Å². The summed E-state index contributed by atoms with van der Waals surface area (Å²) in [5.74, 6) is 0. The van der Waals surface area contributed by atoms with Gasteiger partial charge >= 0.3 is 0 Å². The SMILES string of the molecule is C=Cc1cccnc1C=C.S. The zero-order valence-electron chi connectivity index (χ0n) is 6.25. The third kappa shape index (κ3) is 2.24. The molecule has 11 heavy (non-hydrogen) atoms. The van der Waals surface area contributed by atoms with Gasteiger partial charge in [-0.2, -0.15) is 13.5 Å². The summed E-state index contributed by atoms with van der Waals surface area (Å²) in [5, 5.41) is 0. The fraction of sp³-hybridized carbons (Fsp3) is 0. The fourth-order valence-corrected chi connectivity index (χ4v) is 0.773. The molecule has 1 heterocycles. The molecule has 1 rings (SSSR count). The molecule has 0 amide bonds. The molecule has 1 nitrogen and oxygen atoms in total. The molecule has 0 saturated heterocycles. The summed E-state index contributed by atoms with van der Waals surface area (Å²) in [7, 11) is 0. The molecule has 0 bridgehead atoms. The Morgan fingerprint density at radius 1 is 1.27 bits per heavy atom. The maximum absolute atomic E-state index is 4.08. The van der Waals surface area contributed by atoms with Crippen molar-refractivity contribution in [3.8, 4) is 0 Å². The van der Waals surface area contributed by atoms with Gasteiger partial charge in [0.2, 0.25) is 0 Å². The van der Waals surface area contributed by atoms with Gasteiger partial charge < -0.3 is 0 Å². The van der Waals surface area contributed by atoms with Crippen LogP contribution >= 0.6 is 13.5 Å². The quantitative estimate of drug-likeness (QED) is 0.656. The Hall–Kier alpha value is -1.02. The monoisotopic (exact) mass is 165 g/mol. The number of aromatic nitrogens is 1. The van der Waals surface area contributed by atoms with E-state index < -0.39 is 0 Å². The average molecular weight is 165 g/mol. The summed E-state index contributed by atoms with van der Waals surface area (Å²) >= 11 is 0. The van der Waals surface area contributed by atoms with Crippen LogP contribution in [-0.4, -0.2) is 4.98 Å². The molecule has 0 radical (unpaired) electrons. The average Bonchev–Trinajstić information content (AvgIpc) is 2.04. The highest BCUT2D eigenvalue weighted by Gasteiger charge is 1.91. The number of pyridine rings is 1. The first-order chi connectivity index (χ1) is 4.88. The Labute approximate surface area is 73.9 Å². The second-order valence-electron chi connectivity index (χ2n) is 1.89. The van der Waals surface area contributed by atoms with E-state index in [0.717, 1.165) is 11.3 Å². The lowest BCUT2D eigenvalue weighted by atomic mass is 10.2. The van der Waals surface area contributed by atoms with Gasteiger partial charge in [0.15, 0.2) is 0 Å². The molecule has 0 spiro atoms. The van der Waals surface area contributed by atoms with Crippen LogP contribution in [0.3, 0.4) is 0 Å². The minimum Gasteiger partial charge on any atom is -0.256 e. The smallest absolute Gasteiger partial charge is 0.0695 e. The second-order valence-corrected chi connectivity index (χ2v) is 1.89. The van der Waals surface area contributed by atoms with Gasteiger partial charge in [-0.15, -0.1) is 0 Å². The van der Waals surface area contributed by atoms with Crippen molar-refractivity contribution >= 4 is 25.6 Å². The summed E-state index contributed by atoms with van der Waals surface area (Å²) in [4.78, 5) is 4.08. The summed E-state index contributed by atoms with van der Waals surface area (Å²) in [6.45, 7) is 7.28. The van der Waals surface area contributed by atoms with Crippen LogP contribution < -0.4 is 0 Å². The number of nitrogens with zero attached hydrogens (tertiary/aromatic N) is 1. The minimum atomic E-state index is 0. The van der Waals surface area contributed by atoms with Gasteiger partial charge in [0.1, 0.15) is 0 Å². The molecule has 0 aliphatic heterocycles. The van der Waals surface area contributed by atoms with Gasteiger partial charge in [-0.05, 0) is 17.7 Å². The van der Waals surface area contributed by atoms with E-state index >= 15 is 0 Å². The Bertz CT molecular complexity index is 228. The molecule has 58 valence electrons. The molecule has 0 fully saturated rings. The van der Waals surface area contributed by atoms with Crippen LogP contribution in [0.5, 0.6) is 0 Å². The third-order valence-electron chi connectivity index (χ3n) is 1.28. The Kier molecular flexibility index (Phi) is 4.30. The zero-order valence-corrected chi connectivity index (χ0v) is 7.25.